The number of rotatable bonds is 73. The van der Waals surface area contributed by atoms with Crippen LogP contribution in [0.4, 0.5) is 0 Å². The van der Waals surface area contributed by atoms with Gasteiger partial charge in [0.2, 0.25) is 5.91 Å². The van der Waals surface area contributed by atoms with Gasteiger partial charge in [0.1, 0.15) is 13.2 Å². The van der Waals surface area contributed by atoms with E-state index < -0.39 is 26.6 Å². The molecule has 0 aliphatic carbocycles. The molecule has 0 rings (SSSR count). The number of aliphatic hydroxyl groups excluding tert-OH is 1. The SMILES string of the molecule is CCCCCCC/C=C\C/C=C\C/C=C\CCCCCCCCCCCCCCCCCCCCCCCCC(=O)NC(COP(=O)([O-])OCC[N+](C)(C)C)C(O)/C=C/CC/C=C/CC/C=C/CCCCCCCCCCCCCCCCCCCCCCC. The first kappa shape index (κ1) is 87.9. The average molecular weight is 1280 g/mol. The van der Waals surface area contributed by atoms with E-state index in [0.717, 1.165) is 57.8 Å². The highest BCUT2D eigenvalue weighted by atomic mass is 31.2. The lowest BCUT2D eigenvalue weighted by Gasteiger charge is -2.29. The van der Waals surface area contributed by atoms with Gasteiger partial charge in [-0.1, -0.05) is 369 Å². The number of hydrogen-bond donors (Lipinski definition) is 2. The molecule has 9 heteroatoms. The van der Waals surface area contributed by atoms with Gasteiger partial charge in [0.15, 0.2) is 0 Å². The van der Waals surface area contributed by atoms with Crippen molar-refractivity contribution < 1.29 is 32.9 Å². The Kier molecular flexibility index (Phi) is 69.6. The maximum Gasteiger partial charge on any atom is 0.268 e. The second-order valence-corrected chi connectivity index (χ2v) is 29.5. The molecule has 3 unspecified atom stereocenters. The molecule has 1 amide bonds. The molecule has 2 N–H and O–H groups in total. The predicted octanol–water partition coefficient (Wildman–Crippen LogP) is 25.0. The molecule has 0 spiro atoms. The van der Waals surface area contributed by atoms with Gasteiger partial charge in [0.25, 0.3) is 7.82 Å². The fourth-order valence-electron chi connectivity index (χ4n) is 11.8. The van der Waals surface area contributed by atoms with Crippen molar-refractivity contribution in [2.45, 2.75) is 398 Å². The number of hydrogen-bond acceptors (Lipinski definition) is 6. The van der Waals surface area contributed by atoms with Crippen LogP contribution in [0, 0.1) is 0 Å². The van der Waals surface area contributed by atoms with Gasteiger partial charge in [0.05, 0.1) is 39.9 Å². The van der Waals surface area contributed by atoms with Crippen LogP contribution in [0.5, 0.6) is 0 Å². The quantitative estimate of drug-likeness (QED) is 0.0272. The second kappa shape index (κ2) is 71.2. The molecule has 0 aromatic carbocycles. The smallest absolute Gasteiger partial charge is 0.268 e. The Hall–Kier alpha value is -2.06. The second-order valence-electron chi connectivity index (χ2n) is 28.0. The van der Waals surface area contributed by atoms with E-state index in [-0.39, 0.29) is 12.5 Å². The summed E-state index contributed by atoms with van der Waals surface area (Å²) in [4.78, 5) is 25.7. The first-order valence-electron chi connectivity index (χ1n) is 39.3. The van der Waals surface area contributed by atoms with E-state index in [2.05, 4.69) is 79.9 Å². The molecule has 0 heterocycles. The van der Waals surface area contributed by atoms with E-state index >= 15 is 0 Å². The maximum absolute atomic E-state index is 13.1. The third kappa shape index (κ3) is 73.4. The molecular weight excluding hydrogens is 1130 g/mol. The van der Waals surface area contributed by atoms with E-state index in [0.29, 0.717) is 17.4 Å². The molecule has 528 valence electrons. The van der Waals surface area contributed by atoms with E-state index in [1.807, 2.05) is 27.2 Å². The molecule has 3 atom stereocenters. The lowest BCUT2D eigenvalue weighted by molar-refractivity contribution is -0.870. The van der Waals surface area contributed by atoms with Crippen molar-refractivity contribution in [3.05, 3.63) is 72.9 Å². The maximum atomic E-state index is 13.1. The van der Waals surface area contributed by atoms with Crippen molar-refractivity contribution in [1.82, 2.24) is 5.32 Å². The topological polar surface area (TPSA) is 108 Å². The minimum absolute atomic E-state index is 0.00921. The third-order valence-corrected chi connectivity index (χ3v) is 18.8. The highest BCUT2D eigenvalue weighted by molar-refractivity contribution is 7.45. The lowest BCUT2D eigenvalue weighted by Crippen LogP contribution is -2.45. The zero-order valence-electron chi connectivity index (χ0n) is 60.6. The average Bonchev–Trinajstić information content (AvgIpc) is 3.18. The van der Waals surface area contributed by atoms with Crippen molar-refractivity contribution >= 4 is 13.7 Å². The Morgan fingerprint density at radius 2 is 0.656 bits per heavy atom. The summed E-state index contributed by atoms with van der Waals surface area (Å²) in [6.45, 7) is 4.66. The largest absolute Gasteiger partial charge is 0.756 e. The Labute approximate surface area is 561 Å². The monoisotopic (exact) mass is 1280 g/mol. The predicted molar refractivity (Wildman–Crippen MR) is 394 cm³/mol. The van der Waals surface area contributed by atoms with Crippen molar-refractivity contribution in [3.63, 3.8) is 0 Å². The zero-order chi connectivity index (χ0) is 65.5. The molecule has 0 aliphatic heterocycles. The number of phosphoric ester groups is 1. The number of allylic oxidation sites excluding steroid dienone is 11. The number of nitrogens with one attached hydrogen (secondary N) is 1. The normalized spacial score (nSPS) is 13.9. The van der Waals surface area contributed by atoms with Crippen molar-refractivity contribution in [2.24, 2.45) is 0 Å². The van der Waals surface area contributed by atoms with Gasteiger partial charge >= 0.3 is 0 Å². The summed E-state index contributed by atoms with van der Waals surface area (Å²) in [5.41, 5.74) is 0. The van der Waals surface area contributed by atoms with Gasteiger partial charge < -0.3 is 28.8 Å². The summed E-state index contributed by atoms with van der Waals surface area (Å²) in [6.07, 6.45) is 101. The number of quaternary nitrogens is 1. The highest BCUT2D eigenvalue weighted by Crippen LogP contribution is 2.38. The van der Waals surface area contributed by atoms with E-state index in [9.17, 15) is 19.4 Å². The molecule has 90 heavy (non-hydrogen) atoms. The number of unbranched alkanes of at least 4 members (excludes halogenated alkanes) is 50. The molecular formula is C81H153N2O6P. The van der Waals surface area contributed by atoms with E-state index in [1.54, 1.807) is 6.08 Å². The molecule has 0 radical (unpaired) electrons. The van der Waals surface area contributed by atoms with Crippen molar-refractivity contribution in [2.75, 3.05) is 40.9 Å². The van der Waals surface area contributed by atoms with Crippen LogP contribution >= 0.6 is 7.82 Å². The molecule has 0 aromatic rings. The Bertz CT molecular complexity index is 1700. The van der Waals surface area contributed by atoms with Crippen LogP contribution in [0.25, 0.3) is 0 Å². The number of phosphoric acid groups is 1. The highest BCUT2D eigenvalue weighted by Gasteiger charge is 2.23. The number of nitrogens with zero attached hydrogens (tertiary/aromatic N) is 1. The minimum Gasteiger partial charge on any atom is -0.756 e. The number of carbonyl (C=O) groups is 1. The van der Waals surface area contributed by atoms with Crippen molar-refractivity contribution in [3.8, 4) is 0 Å². The molecule has 0 fully saturated rings. The first-order valence-corrected chi connectivity index (χ1v) is 40.8. The molecule has 0 saturated carbocycles. The molecule has 0 aliphatic rings. The van der Waals surface area contributed by atoms with Gasteiger partial charge in [-0.05, 0) is 83.5 Å². The van der Waals surface area contributed by atoms with Crippen LogP contribution in [0.3, 0.4) is 0 Å². The number of likely N-dealkylation sites (N-methyl/N-ethyl adjacent to an activating group) is 1. The van der Waals surface area contributed by atoms with Gasteiger partial charge in [0, 0.05) is 6.42 Å². The summed E-state index contributed by atoms with van der Waals surface area (Å²) in [5.74, 6) is -0.205. The van der Waals surface area contributed by atoms with Gasteiger partial charge in [-0.25, -0.2) is 0 Å². The molecule has 0 saturated heterocycles. The fraction of sp³-hybridized carbons (Fsp3) is 0.840. The number of carbonyl (C=O) groups excluding carboxylic acids is 1. The molecule has 8 nitrogen and oxygen atoms in total. The van der Waals surface area contributed by atoms with Crippen LogP contribution in [0.15, 0.2) is 72.9 Å². The molecule has 0 aromatic heterocycles. The third-order valence-electron chi connectivity index (χ3n) is 17.9. The lowest BCUT2D eigenvalue weighted by atomic mass is 10.0. The van der Waals surface area contributed by atoms with Gasteiger partial charge in [-0.2, -0.15) is 0 Å². The van der Waals surface area contributed by atoms with E-state index in [4.69, 9.17) is 9.05 Å². The summed E-state index contributed by atoms with van der Waals surface area (Å²) in [5, 5.41) is 14.0. The van der Waals surface area contributed by atoms with Crippen molar-refractivity contribution in [1.29, 1.82) is 0 Å². The molecule has 0 bridgehead atoms. The summed E-state index contributed by atoms with van der Waals surface area (Å²) < 4.78 is 23.5. The Morgan fingerprint density at radius 1 is 0.389 bits per heavy atom. The zero-order valence-corrected chi connectivity index (χ0v) is 61.5. The van der Waals surface area contributed by atoms with Crippen LogP contribution in [0.1, 0.15) is 386 Å². The Morgan fingerprint density at radius 3 is 0.978 bits per heavy atom. The van der Waals surface area contributed by atoms with E-state index in [1.165, 1.54) is 308 Å². The Balaban J connectivity index is 4.02. The van der Waals surface area contributed by atoms with Crippen LogP contribution in [-0.4, -0.2) is 68.5 Å². The standard InChI is InChI=1S/C81H153N2O6P/c1-6-8-10-12-14-16-18-20-22-24-26-28-30-32-34-36-38-39-40-41-42-43-45-47-49-51-53-55-57-59-61-63-65-67-69-71-73-75-81(85)82-79(78-89-90(86,87)88-77-76-83(3,4)5)80(84)74-72-70-68-66-64-62-60-58-56-54-52-50-48-46-44-37-35-33-31-29-27-25-23-21-19-17-15-13-11-9-7-2/h18,20,24,26,30,32,56,58,64,66,72,74,79-80,84H,6-17,19,21-23,25,27-29,31,33-55,57,59-63,65,67-71,73,75-78H2,1-5H3,(H-,82,85,86,87)/b20-18-,26-24-,32-30-,58-56+,66-64+,74-72+. The summed E-state index contributed by atoms with van der Waals surface area (Å²) in [7, 11) is 1.25. The summed E-state index contributed by atoms with van der Waals surface area (Å²) >= 11 is 0. The van der Waals surface area contributed by atoms with Crippen LogP contribution < -0.4 is 10.2 Å². The number of aliphatic hydroxyl groups is 1. The number of amides is 1. The van der Waals surface area contributed by atoms with Gasteiger partial charge in [-0.15, -0.1) is 0 Å². The summed E-state index contributed by atoms with van der Waals surface area (Å²) in [6, 6.07) is -0.914. The van der Waals surface area contributed by atoms with Crippen LogP contribution in [-0.2, 0) is 18.4 Å². The fourth-order valence-corrected chi connectivity index (χ4v) is 12.5. The minimum atomic E-state index is -4.62. The van der Waals surface area contributed by atoms with Gasteiger partial charge in [-0.3, -0.25) is 9.36 Å². The first-order chi connectivity index (χ1) is 44.0. The van der Waals surface area contributed by atoms with Crippen LogP contribution in [0.2, 0.25) is 0 Å².